The third kappa shape index (κ3) is 3.50. The number of rotatable bonds is 4. The number of benzene rings is 1. The minimum atomic E-state index is 0.500. The lowest BCUT2D eigenvalue weighted by Crippen LogP contribution is -2.40. The van der Waals surface area contributed by atoms with Crippen LogP contribution in [0.2, 0.25) is 5.02 Å². The van der Waals surface area contributed by atoms with Crippen LogP contribution in [0.15, 0.2) is 30.6 Å². The summed E-state index contributed by atoms with van der Waals surface area (Å²) < 4.78 is 0. The van der Waals surface area contributed by atoms with E-state index < -0.39 is 0 Å². The minimum Gasteiger partial charge on any atom is -0.393 e. The van der Waals surface area contributed by atoms with Gasteiger partial charge in [0.2, 0.25) is 0 Å². The lowest BCUT2D eigenvalue weighted by atomic mass is 10.00. The first kappa shape index (κ1) is 15.9. The standard InChI is InChI=1S/C17H22ClN5/c1-2-14-8-3-4-9-23(14)17-15(19)16(20-11-21-17)22-13-7-5-6-12(18)10-13/h5-7,10-11,14H,2-4,8-9,19H2,1H3,(H,20,21,22). The van der Waals surface area contributed by atoms with Gasteiger partial charge in [0.1, 0.15) is 12.0 Å². The fourth-order valence-electron chi connectivity index (χ4n) is 3.12. The van der Waals surface area contributed by atoms with Crippen LogP contribution in [0.25, 0.3) is 0 Å². The molecule has 1 saturated heterocycles. The summed E-state index contributed by atoms with van der Waals surface area (Å²) in [7, 11) is 0. The van der Waals surface area contributed by atoms with E-state index in [9.17, 15) is 0 Å². The van der Waals surface area contributed by atoms with Gasteiger partial charge in [0.25, 0.3) is 0 Å². The van der Waals surface area contributed by atoms with Gasteiger partial charge in [-0.3, -0.25) is 0 Å². The largest absolute Gasteiger partial charge is 0.393 e. The number of piperidine rings is 1. The molecule has 0 amide bonds. The number of nitrogens with zero attached hydrogens (tertiary/aromatic N) is 3. The molecule has 3 rings (SSSR count). The van der Waals surface area contributed by atoms with Crippen LogP contribution in [0.3, 0.4) is 0 Å². The summed E-state index contributed by atoms with van der Waals surface area (Å²) in [5.41, 5.74) is 7.81. The zero-order valence-corrected chi connectivity index (χ0v) is 14.1. The van der Waals surface area contributed by atoms with E-state index in [0.29, 0.717) is 22.6 Å². The van der Waals surface area contributed by atoms with E-state index in [-0.39, 0.29) is 0 Å². The predicted octanol–water partition coefficient (Wildman–Crippen LogP) is 4.22. The minimum absolute atomic E-state index is 0.500. The molecule has 1 atom stereocenters. The second-order valence-corrected chi connectivity index (χ2v) is 6.28. The van der Waals surface area contributed by atoms with Gasteiger partial charge >= 0.3 is 0 Å². The maximum Gasteiger partial charge on any atom is 0.159 e. The van der Waals surface area contributed by atoms with Crippen molar-refractivity contribution in [2.24, 2.45) is 0 Å². The van der Waals surface area contributed by atoms with Gasteiger partial charge in [-0.1, -0.05) is 24.6 Å². The highest BCUT2D eigenvalue weighted by Crippen LogP contribution is 2.33. The Bertz CT molecular complexity index is 676. The van der Waals surface area contributed by atoms with Crippen LogP contribution in [-0.2, 0) is 0 Å². The SMILES string of the molecule is CCC1CCCCN1c1ncnc(Nc2cccc(Cl)c2)c1N. The fourth-order valence-corrected chi connectivity index (χ4v) is 3.31. The molecule has 0 bridgehead atoms. The summed E-state index contributed by atoms with van der Waals surface area (Å²) in [5.74, 6) is 1.45. The summed E-state index contributed by atoms with van der Waals surface area (Å²) in [6, 6.07) is 8.00. The van der Waals surface area contributed by atoms with E-state index in [2.05, 4.69) is 27.1 Å². The first-order valence-corrected chi connectivity index (χ1v) is 8.46. The van der Waals surface area contributed by atoms with Crippen molar-refractivity contribution in [3.8, 4) is 0 Å². The topological polar surface area (TPSA) is 67.1 Å². The van der Waals surface area contributed by atoms with E-state index in [4.69, 9.17) is 17.3 Å². The number of hydrogen-bond donors (Lipinski definition) is 2. The number of aromatic nitrogens is 2. The van der Waals surface area contributed by atoms with Crippen LogP contribution >= 0.6 is 11.6 Å². The first-order chi connectivity index (χ1) is 11.2. The quantitative estimate of drug-likeness (QED) is 0.877. The number of nitrogens with two attached hydrogens (primary N) is 1. The van der Waals surface area contributed by atoms with Crippen LogP contribution in [0, 0.1) is 0 Å². The Morgan fingerprint density at radius 3 is 3.00 bits per heavy atom. The molecule has 3 N–H and O–H groups in total. The van der Waals surface area contributed by atoms with Gasteiger partial charge in [0.15, 0.2) is 11.6 Å². The molecule has 0 aliphatic carbocycles. The van der Waals surface area contributed by atoms with Crippen molar-refractivity contribution in [2.75, 3.05) is 22.5 Å². The number of nitrogen functional groups attached to an aromatic ring is 1. The third-order valence-corrected chi connectivity index (χ3v) is 4.56. The van der Waals surface area contributed by atoms with Gasteiger partial charge in [0, 0.05) is 23.3 Å². The zero-order chi connectivity index (χ0) is 16.2. The van der Waals surface area contributed by atoms with Gasteiger partial charge < -0.3 is 16.0 Å². The Balaban J connectivity index is 1.88. The highest BCUT2D eigenvalue weighted by molar-refractivity contribution is 6.30. The number of anilines is 4. The molecule has 1 aromatic carbocycles. The smallest absolute Gasteiger partial charge is 0.159 e. The molecule has 122 valence electrons. The number of nitrogens with one attached hydrogen (secondary N) is 1. The summed E-state index contributed by atoms with van der Waals surface area (Å²) in [4.78, 5) is 11.1. The second kappa shape index (κ2) is 7.04. The van der Waals surface area contributed by atoms with Crippen LogP contribution in [-0.4, -0.2) is 22.6 Å². The second-order valence-electron chi connectivity index (χ2n) is 5.85. The molecular formula is C17H22ClN5. The highest BCUT2D eigenvalue weighted by atomic mass is 35.5. The van der Waals surface area contributed by atoms with Crippen molar-refractivity contribution < 1.29 is 0 Å². The summed E-state index contributed by atoms with van der Waals surface area (Å²) >= 11 is 6.03. The Morgan fingerprint density at radius 1 is 1.35 bits per heavy atom. The van der Waals surface area contributed by atoms with Crippen LogP contribution < -0.4 is 16.0 Å². The predicted molar refractivity (Wildman–Crippen MR) is 96.5 cm³/mol. The van der Waals surface area contributed by atoms with E-state index in [1.165, 1.54) is 19.3 Å². The van der Waals surface area contributed by atoms with Crippen molar-refractivity contribution in [1.82, 2.24) is 9.97 Å². The summed E-state index contributed by atoms with van der Waals surface area (Å²) in [6.45, 7) is 3.21. The molecule has 5 nitrogen and oxygen atoms in total. The highest BCUT2D eigenvalue weighted by Gasteiger charge is 2.24. The molecule has 2 aromatic rings. The molecule has 0 radical (unpaired) electrons. The summed E-state index contributed by atoms with van der Waals surface area (Å²) in [6.07, 6.45) is 6.31. The maximum atomic E-state index is 6.35. The van der Waals surface area contributed by atoms with E-state index >= 15 is 0 Å². The van der Waals surface area contributed by atoms with Crippen molar-refractivity contribution >= 4 is 34.6 Å². The van der Waals surface area contributed by atoms with Crippen molar-refractivity contribution in [1.29, 1.82) is 0 Å². The van der Waals surface area contributed by atoms with E-state index in [1.807, 2.05) is 24.3 Å². The Hall–Kier alpha value is -2.01. The lowest BCUT2D eigenvalue weighted by molar-refractivity contribution is 0.447. The molecule has 23 heavy (non-hydrogen) atoms. The van der Waals surface area contributed by atoms with Crippen LogP contribution in [0.4, 0.5) is 23.0 Å². The first-order valence-electron chi connectivity index (χ1n) is 8.08. The molecular weight excluding hydrogens is 310 g/mol. The van der Waals surface area contributed by atoms with Gasteiger partial charge in [0.05, 0.1) is 0 Å². The average molecular weight is 332 g/mol. The molecule has 0 spiro atoms. The maximum absolute atomic E-state index is 6.35. The molecule has 1 fully saturated rings. The Labute approximate surface area is 141 Å². The van der Waals surface area contributed by atoms with Crippen molar-refractivity contribution in [2.45, 2.75) is 38.6 Å². The number of halogens is 1. The average Bonchev–Trinajstić information content (AvgIpc) is 2.57. The monoisotopic (exact) mass is 331 g/mol. The summed E-state index contributed by atoms with van der Waals surface area (Å²) in [5, 5.41) is 3.91. The molecule has 1 aliphatic heterocycles. The molecule has 6 heteroatoms. The van der Waals surface area contributed by atoms with Gasteiger partial charge in [-0.05, 0) is 43.9 Å². The van der Waals surface area contributed by atoms with Crippen LogP contribution in [0.1, 0.15) is 32.6 Å². The molecule has 2 heterocycles. The van der Waals surface area contributed by atoms with E-state index in [1.54, 1.807) is 6.33 Å². The molecule has 1 unspecified atom stereocenters. The van der Waals surface area contributed by atoms with Crippen LogP contribution in [0.5, 0.6) is 0 Å². The van der Waals surface area contributed by atoms with Crippen molar-refractivity contribution in [3.05, 3.63) is 35.6 Å². The lowest BCUT2D eigenvalue weighted by Gasteiger charge is -2.36. The van der Waals surface area contributed by atoms with E-state index in [0.717, 1.165) is 24.5 Å². The van der Waals surface area contributed by atoms with Gasteiger partial charge in [-0.15, -0.1) is 0 Å². The Morgan fingerprint density at radius 2 is 2.22 bits per heavy atom. The number of hydrogen-bond acceptors (Lipinski definition) is 5. The fraction of sp³-hybridized carbons (Fsp3) is 0.412. The molecule has 1 aromatic heterocycles. The Kier molecular flexibility index (Phi) is 4.86. The zero-order valence-electron chi connectivity index (χ0n) is 13.3. The third-order valence-electron chi connectivity index (χ3n) is 4.32. The van der Waals surface area contributed by atoms with Crippen molar-refractivity contribution in [3.63, 3.8) is 0 Å². The normalized spacial score (nSPS) is 18.0. The van der Waals surface area contributed by atoms with Gasteiger partial charge in [-0.2, -0.15) is 0 Å². The molecule has 0 saturated carbocycles. The molecule has 1 aliphatic rings. The van der Waals surface area contributed by atoms with Gasteiger partial charge in [-0.25, -0.2) is 9.97 Å².